The maximum Gasteiger partial charge on any atom is 0.332 e. The van der Waals surface area contributed by atoms with E-state index in [4.69, 9.17) is 4.74 Å². The molecule has 0 aliphatic heterocycles. The normalized spacial score (nSPS) is 10.6. The summed E-state index contributed by atoms with van der Waals surface area (Å²) < 4.78 is 7.86. The lowest BCUT2D eigenvalue weighted by Gasteiger charge is -2.14. The largest absolute Gasteiger partial charge is 0.493 e. The molecule has 7 heteroatoms. The molecular weight excluding hydrogens is 332 g/mol. The third-order valence-corrected chi connectivity index (χ3v) is 3.99. The van der Waals surface area contributed by atoms with E-state index in [2.05, 4.69) is 19.2 Å². The number of nitrogens with one attached hydrogen (secondary N) is 1. The van der Waals surface area contributed by atoms with Gasteiger partial charge in [-0.25, -0.2) is 4.79 Å². The Kier molecular flexibility index (Phi) is 6.23. The first-order valence-corrected chi connectivity index (χ1v) is 8.50. The molecule has 0 atom stereocenters. The maximum atomic E-state index is 12.0. The van der Waals surface area contributed by atoms with Crippen molar-refractivity contribution in [2.24, 2.45) is 20.0 Å². The Morgan fingerprint density at radius 2 is 1.81 bits per heavy atom. The van der Waals surface area contributed by atoms with Gasteiger partial charge in [-0.1, -0.05) is 26.0 Å². The van der Waals surface area contributed by atoms with Crippen molar-refractivity contribution in [1.29, 1.82) is 5.26 Å². The van der Waals surface area contributed by atoms with Crippen LogP contribution in [0.2, 0.25) is 0 Å². The third-order valence-electron chi connectivity index (χ3n) is 3.99. The van der Waals surface area contributed by atoms with Crippen molar-refractivity contribution in [3.63, 3.8) is 0 Å². The molecule has 2 aromatic rings. The molecule has 7 nitrogen and oxygen atoms in total. The lowest BCUT2D eigenvalue weighted by Crippen LogP contribution is -2.40. The van der Waals surface area contributed by atoms with Gasteiger partial charge in [0.1, 0.15) is 17.6 Å². The highest BCUT2D eigenvalue weighted by Crippen LogP contribution is 2.14. The second-order valence-electron chi connectivity index (χ2n) is 6.57. The predicted molar refractivity (Wildman–Crippen MR) is 101 cm³/mol. The molecule has 138 valence electrons. The van der Waals surface area contributed by atoms with Crippen molar-refractivity contribution in [1.82, 2.24) is 9.13 Å². The smallest absolute Gasteiger partial charge is 0.332 e. The van der Waals surface area contributed by atoms with Gasteiger partial charge in [0.2, 0.25) is 0 Å². The van der Waals surface area contributed by atoms with Crippen LogP contribution < -0.4 is 21.3 Å². The fraction of sp³-hybridized carbons (Fsp3) is 0.421. The highest BCUT2D eigenvalue weighted by molar-refractivity contribution is 5.51. The lowest BCUT2D eigenvalue weighted by atomic mass is 10.1. The van der Waals surface area contributed by atoms with E-state index >= 15 is 0 Å². The quantitative estimate of drug-likeness (QED) is 0.815. The van der Waals surface area contributed by atoms with Crippen LogP contribution in [0.15, 0.2) is 33.9 Å². The van der Waals surface area contributed by atoms with E-state index in [-0.39, 0.29) is 11.4 Å². The van der Waals surface area contributed by atoms with Crippen molar-refractivity contribution < 1.29 is 4.74 Å². The summed E-state index contributed by atoms with van der Waals surface area (Å²) in [6.45, 7) is 5.36. The van der Waals surface area contributed by atoms with Crippen molar-refractivity contribution in [2.45, 2.75) is 20.3 Å². The number of nitrogens with zero attached hydrogens (tertiary/aromatic N) is 3. The second kappa shape index (κ2) is 8.39. The number of benzene rings is 1. The van der Waals surface area contributed by atoms with Crippen molar-refractivity contribution >= 4 is 5.82 Å². The van der Waals surface area contributed by atoms with Gasteiger partial charge in [-0.05, 0) is 30.0 Å². The van der Waals surface area contributed by atoms with Crippen molar-refractivity contribution in [2.75, 3.05) is 18.5 Å². The Morgan fingerprint density at radius 3 is 2.38 bits per heavy atom. The van der Waals surface area contributed by atoms with Gasteiger partial charge in [-0.2, -0.15) is 5.26 Å². The fourth-order valence-electron chi connectivity index (χ4n) is 2.49. The van der Waals surface area contributed by atoms with Gasteiger partial charge in [0.25, 0.3) is 5.56 Å². The van der Waals surface area contributed by atoms with Crippen LogP contribution in [-0.2, 0) is 20.5 Å². The molecule has 0 radical (unpaired) electrons. The average molecular weight is 356 g/mol. The van der Waals surface area contributed by atoms with E-state index in [0.717, 1.165) is 15.9 Å². The number of nitriles is 1. The van der Waals surface area contributed by atoms with E-state index < -0.39 is 11.2 Å². The van der Waals surface area contributed by atoms with Crippen molar-refractivity contribution in [3.05, 3.63) is 56.2 Å². The molecule has 26 heavy (non-hydrogen) atoms. The monoisotopic (exact) mass is 356 g/mol. The molecular formula is C19H24N4O3. The van der Waals surface area contributed by atoms with Gasteiger partial charge >= 0.3 is 5.69 Å². The molecule has 1 heterocycles. The zero-order valence-corrected chi connectivity index (χ0v) is 15.6. The molecule has 0 saturated carbocycles. The van der Waals surface area contributed by atoms with Crippen LogP contribution in [0.4, 0.5) is 5.82 Å². The van der Waals surface area contributed by atoms with Crippen LogP contribution in [0.3, 0.4) is 0 Å². The number of aromatic nitrogens is 2. The highest BCUT2D eigenvalue weighted by Gasteiger charge is 2.14. The number of rotatable bonds is 7. The molecule has 0 fully saturated rings. The fourth-order valence-corrected chi connectivity index (χ4v) is 2.49. The Hall–Kier alpha value is -3.01. The van der Waals surface area contributed by atoms with E-state index in [9.17, 15) is 14.9 Å². The minimum absolute atomic E-state index is 0.0629. The standard InChI is InChI=1S/C19H24N4O3/c1-13(2)12-26-15-7-5-14(6-8-15)9-10-21-17-16(11-20)18(24)23(4)19(25)22(17)3/h5-8,13,21H,9-10,12H2,1-4H3. The molecule has 0 saturated heterocycles. The molecule has 2 rings (SSSR count). The van der Waals surface area contributed by atoms with Gasteiger partial charge in [0.05, 0.1) is 6.61 Å². The minimum Gasteiger partial charge on any atom is -0.493 e. The van der Waals surface area contributed by atoms with Gasteiger partial charge < -0.3 is 10.1 Å². The number of hydrogen-bond acceptors (Lipinski definition) is 5. The SMILES string of the molecule is CC(C)COc1ccc(CCNc2c(C#N)c(=O)n(C)c(=O)n2C)cc1. The Balaban J connectivity index is 2.06. The molecule has 1 aromatic carbocycles. The Bertz CT molecular complexity index is 918. The van der Waals surface area contributed by atoms with Gasteiger partial charge in [-0.3, -0.25) is 13.9 Å². The summed E-state index contributed by atoms with van der Waals surface area (Å²) >= 11 is 0. The molecule has 0 aliphatic carbocycles. The van der Waals surface area contributed by atoms with Crippen molar-refractivity contribution in [3.8, 4) is 11.8 Å². The summed E-state index contributed by atoms with van der Waals surface area (Å²) in [6, 6.07) is 9.68. The minimum atomic E-state index is -0.593. The Morgan fingerprint density at radius 1 is 1.15 bits per heavy atom. The summed E-state index contributed by atoms with van der Waals surface area (Å²) in [6.07, 6.45) is 0.679. The van der Waals surface area contributed by atoms with E-state index in [1.54, 1.807) is 0 Å². The topological polar surface area (TPSA) is 89.1 Å². The van der Waals surface area contributed by atoms with E-state index in [0.29, 0.717) is 25.5 Å². The summed E-state index contributed by atoms with van der Waals surface area (Å²) in [5.74, 6) is 1.55. The second-order valence-corrected chi connectivity index (χ2v) is 6.57. The van der Waals surface area contributed by atoms with Crippen LogP contribution in [0.5, 0.6) is 5.75 Å². The molecule has 0 bridgehead atoms. The van der Waals surface area contributed by atoms with Gasteiger partial charge in [-0.15, -0.1) is 0 Å². The molecule has 0 amide bonds. The zero-order chi connectivity index (χ0) is 19.3. The molecule has 0 aliphatic rings. The molecule has 1 N–H and O–H groups in total. The van der Waals surface area contributed by atoms with Crippen LogP contribution in [0.25, 0.3) is 0 Å². The van der Waals surface area contributed by atoms with Gasteiger partial charge in [0.15, 0.2) is 5.56 Å². The predicted octanol–water partition coefficient (Wildman–Crippen LogP) is 1.65. The Labute approximate surface area is 152 Å². The molecule has 0 spiro atoms. The maximum absolute atomic E-state index is 12.0. The average Bonchev–Trinajstić information content (AvgIpc) is 2.63. The first kappa shape index (κ1) is 19.3. The third kappa shape index (κ3) is 4.33. The highest BCUT2D eigenvalue weighted by atomic mass is 16.5. The lowest BCUT2D eigenvalue weighted by molar-refractivity contribution is 0.271. The molecule has 0 unspecified atom stereocenters. The molecule has 1 aromatic heterocycles. The number of ether oxygens (including phenoxy) is 1. The van der Waals surface area contributed by atoms with Gasteiger partial charge in [0, 0.05) is 20.6 Å². The van der Waals surface area contributed by atoms with E-state index in [1.807, 2.05) is 30.3 Å². The first-order chi connectivity index (χ1) is 12.3. The summed E-state index contributed by atoms with van der Waals surface area (Å²) in [7, 11) is 2.89. The van der Waals surface area contributed by atoms with Crippen LogP contribution in [0, 0.1) is 17.2 Å². The summed E-state index contributed by atoms with van der Waals surface area (Å²) in [4.78, 5) is 24.1. The van der Waals surface area contributed by atoms with Crippen LogP contribution >= 0.6 is 0 Å². The van der Waals surface area contributed by atoms with Crippen LogP contribution in [-0.4, -0.2) is 22.3 Å². The summed E-state index contributed by atoms with van der Waals surface area (Å²) in [5, 5.41) is 12.3. The first-order valence-electron chi connectivity index (χ1n) is 8.50. The van der Waals surface area contributed by atoms with Crippen LogP contribution in [0.1, 0.15) is 25.0 Å². The number of anilines is 1. The summed E-state index contributed by atoms with van der Waals surface area (Å²) in [5.41, 5.74) is -0.0401. The number of hydrogen-bond donors (Lipinski definition) is 1. The van der Waals surface area contributed by atoms with E-state index in [1.165, 1.54) is 18.7 Å². The zero-order valence-electron chi connectivity index (χ0n) is 15.6.